The van der Waals surface area contributed by atoms with Gasteiger partial charge in [-0.25, -0.2) is 4.39 Å². The summed E-state index contributed by atoms with van der Waals surface area (Å²) in [5.74, 6) is -0.270. The maximum atomic E-state index is 14.5. The maximum Gasteiger partial charge on any atom is 0.228 e. The first-order chi connectivity index (χ1) is 18.6. The van der Waals surface area contributed by atoms with Gasteiger partial charge >= 0.3 is 0 Å². The number of carbonyl (C=O) groups excluding carboxylic acids is 2. The molecular weight excluding hydrogens is 497 g/mol. The zero-order valence-corrected chi connectivity index (χ0v) is 24.7. The number of aliphatic imine (C=N–C) groups is 1. The average molecular weight is 552 g/mol. The molecule has 224 valence electrons. The van der Waals surface area contributed by atoms with E-state index in [4.69, 9.17) is 11.5 Å². The van der Waals surface area contributed by atoms with Gasteiger partial charge in [0.1, 0.15) is 6.17 Å². The summed E-state index contributed by atoms with van der Waals surface area (Å²) < 4.78 is 14.5. The number of halogens is 1. The number of piperidine rings is 2. The first-order valence-electron chi connectivity index (χ1n) is 15.3. The van der Waals surface area contributed by atoms with Crippen molar-refractivity contribution in [1.82, 2.24) is 20.4 Å². The van der Waals surface area contributed by atoms with Crippen molar-refractivity contribution in [2.24, 2.45) is 28.3 Å². The molecular formula is C29H54FN7O2. The number of rotatable bonds is 12. The quantitative estimate of drug-likeness (QED) is 0.217. The number of nitrogens with two attached hydrogens (primary N) is 2. The molecule has 1 spiro atoms. The zero-order valence-electron chi connectivity index (χ0n) is 24.7. The van der Waals surface area contributed by atoms with Crippen LogP contribution in [-0.2, 0) is 9.59 Å². The lowest BCUT2D eigenvalue weighted by Crippen LogP contribution is -2.64. The molecule has 3 fully saturated rings. The number of carbonyl (C=O) groups is 2. The van der Waals surface area contributed by atoms with Crippen LogP contribution in [-0.4, -0.2) is 96.6 Å². The molecule has 0 aliphatic carbocycles. The monoisotopic (exact) mass is 551 g/mol. The van der Waals surface area contributed by atoms with Crippen LogP contribution in [0.5, 0.6) is 0 Å². The van der Waals surface area contributed by atoms with Crippen molar-refractivity contribution in [3.63, 3.8) is 0 Å². The van der Waals surface area contributed by atoms with E-state index in [1.807, 2.05) is 0 Å². The molecule has 2 amide bonds. The Labute approximate surface area is 235 Å². The third-order valence-electron chi connectivity index (χ3n) is 9.67. The van der Waals surface area contributed by atoms with Crippen LogP contribution in [0.2, 0.25) is 0 Å². The van der Waals surface area contributed by atoms with Crippen molar-refractivity contribution >= 4 is 18.0 Å². The van der Waals surface area contributed by atoms with E-state index in [0.29, 0.717) is 18.9 Å². The summed E-state index contributed by atoms with van der Waals surface area (Å²) in [6.45, 7) is 12.0. The normalized spacial score (nSPS) is 26.4. The summed E-state index contributed by atoms with van der Waals surface area (Å²) >= 11 is 0. The number of likely N-dealkylation sites (tertiary alicyclic amines) is 2. The van der Waals surface area contributed by atoms with Crippen molar-refractivity contribution in [3.8, 4) is 0 Å². The molecule has 6 N–H and O–H groups in total. The molecule has 0 aromatic heterocycles. The fourth-order valence-corrected chi connectivity index (χ4v) is 7.13. The smallest absolute Gasteiger partial charge is 0.228 e. The van der Waals surface area contributed by atoms with Crippen LogP contribution >= 0.6 is 0 Å². The second-order valence-electron chi connectivity index (χ2n) is 12.1. The van der Waals surface area contributed by atoms with Crippen LogP contribution in [0.3, 0.4) is 0 Å². The topological polar surface area (TPSA) is 129 Å². The van der Waals surface area contributed by atoms with Crippen molar-refractivity contribution in [3.05, 3.63) is 0 Å². The summed E-state index contributed by atoms with van der Waals surface area (Å²) in [4.78, 5) is 34.6. The lowest BCUT2D eigenvalue weighted by atomic mass is 9.83. The molecule has 10 heteroatoms. The molecule has 5 unspecified atom stereocenters. The van der Waals surface area contributed by atoms with Crippen LogP contribution < -0.4 is 22.1 Å². The molecule has 3 saturated heterocycles. The van der Waals surface area contributed by atoms with E-state index in [0.717, 1.165) is 77.5 Å². The Hall–Kier alpha value is -1.62. The Morgan fingerprint density at radius 3 is 2.46 bits per heavy atom. The first kappa shape index (κ1) is 31.9. The van der Waals surface area contributed by atoms with Gasteiger partial charge in [-0.15, -0.1) is 0 Å². The largest absolute Gasteiger partial charge is 0.350 e. The number of nitrogens with zero attached hydrogens (tertiary/aromatic N) is 3. The van der Waals surface area contributed by atoms with Gasteiger partial charge < -0.3 is 27.0 Å². The predicted octanol–water partition coefficient (Wildman–Crippen LogP) is 2.18. The number of amides is 2. The van der Waals surface area contributed by atoms with Gasteiger partial charge in [-0.05, 0) is 64.3 Å². The van der Waals surface area contributed by atoms with E-state index in [9.17, 15) is 14.0 Å². The minimum atomic E-state index is -1.14. The van der Waals surface area contributed by atoms with Crippen LogP contribution in [0, 0.1) is 11.8 Å². The van der Waals surface area contributed by atoms with Gasteiger partial charge in [-0.1, -0.05) is 26.7 Å². The molecule has 9 nitrogen and oxygen atoms in total. The molecule has 3 aliphatic heterocycles. The molecule has 0 aromatic rings. The molecule has 3 rings (SSSR count). The fourth-order valence-electron chi connectivity index (χ4n) is 7.13. The summed E-state index contributed by atoms with van der Waals surface area (Å²) in [7, 11) is 0. The second-order valence-corrected chi connectivity index (χ2v) is 12.1. The average Bonchev–Trinajstić information content (AvgIpc) is 3.32. The number of alkyl halides is 1. The van der Waals surface area contributed by atoms with E-state index in [-0.39, 0.29) is 29.4 Å². The Morgan fingerprint density at radius 1 is 1.15 bits per heavy atom. The summed E-state index contributed by atoms with van der Waals surface area (Å²) in [6, 6.07) is -0.408. The van der Waals surface area contributed by atoms with E-state index < -0.39 is 24.3 Å². The number of hydrogen-bond donors (Lipinski definition) is 4. The Bertz CT molecular complexity index is 813. The van der Waals surface area contributed by atoms with Gasteiger partial charge in [0.15, 0.2) is 0 Å². The number of nitrogens with one attached hydrogen (secondary N) is 2. The first-order valence-corrected chi connectivity index (χ1v) is 15.3. The van der Waals surface area contributed by atoms with Crippen LogP contribution in [0.4, 0.5) is 4.39 Å². The van der Waals surface area contributed by atoms with E-state index in [1.165, 1.54) is 6.21 Å². The van der Waals surface area contributed by atoms with Gasteiger partial charge in [0, 0.05) is 50.9 Å². The van der Waals surface area contributed by atoms with E-state index >= 15 is 0 Å². The molecule has 39 heavy (non-hydrogen) atoms. The standard InChI is InChI=1S/C29H54FN7O2/c1-5-22(6-2)8-9-23(30)18-34-20(3)26(27(31)32)28(39)35-24-19-33-14-10-25(24)36-16-12-29(13-17-36)11-7-15-37(29)21(4)38/h18,20,22-27,33H,5-17,19,31-32H2,1-4H3,(H,35,39). The lowest BCUT2D eigenvalue weighted by Gasteiger charge is -2.49. The Balaban J connectivity index is 1.58. The lowest BCUT2D eigenvalue weighted by molar-refractivity contribution is -0.135. The minimum Gasteiger partial charge on any atom is -0.350 e. The highest BCUT2D eigenvalue weighted by molar-refractivity contribution is 5.81. The molecule has 3 heterocycles. The van der Waals surface area contributed by atoms with Crippen molar-refractivity contribution in [1.29, 1.82) is 0 Å². The van der Waals surface area contributed by atoms with Crippen LogP contribution in [0.15, 0.2) is 4.99 Å². The van der Waals surface area contributed by atoms with Gasteiger partial charge in [0.25, 0.3) is 0 Å². The van der Waals surface area contributed by atoms with Gasteiger partial charge in [-0.2, -0.15) is 0 Å². The van der Waals surface area contributed by atoms with Crippen molar-refractivity contribution < 1.29 is 14.0 Å². The SMILES string of the molecule is CCC(CC)CCC(F)C=NC(C)C(C(=O)NC1CNCCC1N1CCC2(CCCN2C(C)=O)CC1)C(N)N. The number of hydrogen-bond acceptors (Lipinski definition) is 7. The van der Waals surface area contributed by atoms with Gasteiger partial charge in [0.05, 0.1) is 24.2 Å². The van der Waals surface area contributed by atoms with Crippen molar-refractivity contribution in [2.75, 3.05) is 32.7 Å². The Kier molecular flexibility index (Phi) is 12.1. The molecule has 3 aliphatic rings. The summed E-state index contributed by atoms with van der Waals surface area (Å²) in [5.41, 5.74) is 12.1. The highest BCUT2D eigenvalue weighted by atomic mass is 19.1. The van der Waals surface area contributed by atoms with E-state index in [2.05, 4.69) is 39.3 Å². The van der Waals surface area contributed by atoms with Gasteiger partial charge in [-0.3, -0.25) is 19.5 Å². The third-order valence-corrected chi connectivity index (χ3v) is 9.67. The van der Waals surface area contributed by atoms with Gasteiger partial charge in [0.2, 0.25) is 11.8 Å². The predicted molar refractivity (Wildman–Crippen MR) is 155 cm³/mol. The second kappa shape index (κ2) is 14.8. The summed E-state index contributed by atoms with van der Waals surface area (Å²) in [6.07, 6.45) is 7.69. The molecule has 0 aromatic carbocycles. The zero-order chi connectivity index (χ0) is 28.6. The summed E-state index contributed by atoms with van der Waals surface area (Å²) in [5, 5.41) is 6.64. The molecule has 0 bridgehead atoms. The molecule has 5 atom stereocenters. The maximum absolute atomic E-state index is 14.5. The van der Waals surface area contributed by atoms with Crippen LogP contribution in [0.1, 0.15) is 85.5 Å². The highest BCUT2D eigenvalue weighted by Gasteiger charge is 2.46. The molecule has 0 radical (unpaired) electrons. The highest BCUT2D eigenvalue weighted by Crippen LogP contribution is 2.39. The minimum absolute atomic E-state index is 0.00111. The van der Waals surface area contributed by atoms with Crippen molar-refractivity contribution in [2.45, 2.75) is 121 Å². The fraction of sp³-hybridized carbons (Fsp3) is 0.897. The Morgan fingerprint density at radius 2 is 1.85 bits per heavy atom. The third kappa shape index (κ3) is 8.21. The van der Waals surface area contributed by atoms with Crippen LogP contribution in [0.25, 0.3) is 0 Å². The van der Waals surface area contributed by atoms with E-state index in [1.54, 1.807) is 13.8 Å². The molecule has 0 saturated carbocycles.